The number of nitrogens with one attached hydrogen (secondary N) is 2. The van der Waals surface area contributed by atoms with Crippen molar-refractivity contribution < 1.29 is 4.39 Å². The van der Waals surface area contributed by atoms with Gasteiger partial charge in [0.1, 0.15) is 11.6 Å². The van der Waals surface area contributed by atoms with Crippen molar-refractivity contribution in [3.63, 3.8) is 0 Å². The monoisotopic (exact) mass is 302 g/mol. The Morgan fingerprint density at radius 1 is 1.09 bits per heavy atom. The van der Waals surface area contributed by atoms with E-state index < -0.39 is 0 Å². The molecule has 2 N–H and O–H groups in total. The smallest absolute Gasteiger partial charge is 0.224 e. The second-order valence-electron chi connectivity index (χ2n) is 5.81. The van der Waals surface area contributed by atoms with Crippen LogP contribution in [0, 0.1) is 18.7 Å². The molecule has 0 aliphatic heterocycles. The zero-order valence-corrected chi connectivity index (χ0v) is 13.4. The van der Waals surface area contributed by atoms with E-state index >= 15 is 0 Å². The van der Waals surface area contributed by atoms with E-state index in [1.807, 2.05) is 13.0 Å². The summed E-state index contributed by atoms with van der Waals surface area (Å²) in [4.78, 5) is 8.84. The van der Waals surface area contributed by atoms with Crippen molar-refractivity contribution in [2.45, 2.75) is 33.7 Å². The van der Waals surface area contributed by atoms with E-state index in [-0.39, 0.29) is 5.82 Å². The number of anilines is 2. The van der Waals surface area contributed by atoms with E-state index in [1.165, 1.54) is 12.1 Å². The zero-order chi connectivity index (χ0) is 15.9. The van der Waals surface area contributed by atoms with Gasteiger partial charge in [-0.3, -0.25) is 0 Å². The van der Waals surface area contributed by atoms with Crippen LogP contribution in [-0.4, -0.2) is 16.5 Å². The van der Waals surface area contributed by atoms with Gasteiger partial charge in [-0.25, -0.2) is 9.37 Å². The van der Waals surface area contributed by atoms with Crippen LogP contribution < -0.4 is 10.6 Å². The van der Waals surface area contributed by atoms with Gasteiger partial charge in [-0.1, -0.05) is 26.0 Å². The lowest BCUT2D eigenvalue weighted by atomic mass is 10.1. The van der Waals surface area contributed by atoms with Crippen LogP contribution in [0.2, 0.25) is 0 Å². The van der Waals surface area contributed by atoms with Gasteiger partial charge in [-0.2, -0.15) is 4.98 Å². The highest BCUT2D eigenvalue weighted by molar-refractivity contribution is 5.42. The van der Waals surface area contributed by atoms with Gasteiger partial charge in [-0.15, -0.1) is 0 Å². The zero-order valence-electron chi connectivity index (χ0n) is 13.4. The first-order valence-electron chi connectivity index (χ1n) is 7.61. The highest BCUT2D eigenvalue weighted by atomic mass is 19.1. The summed E-state index contributed by atoms with van der Waals surface area (Å²) in [6.45, 7) is 7.78. The Labute approximate surface area is 131 Å². The third-order valence-electron chi connectivity index (χ3n) is 3.25. The SMILES string of the molecule is Cc1cc(NCc2ccc(F)cc2)nc(NCCC(C)C)n1. The van der Waals surface area contributed by atoms with Crippen molar-refractivity contribution in [2.24, 2.45) is 5.92 Å². The number of halogens is 1. The lowest BCUT2D eigenvalue weighted by molar-refractivity contribution is 0.606. The molecular weight excluding hydrogens is 279 g/mol. The van der Waals surface area contributed by atoms with Crippen LogP contribution in [0.5, 0.6) is 0 Å². The average Bonchev–Trinajstić information content (AvgIpc) is 2.46. The molecule has 0 fully saturated rings. The Balaban J connectivity index is 1.95. The Morgan fingerprint density at radius 3 is 2.50 bits per heavy atom. The second kappa shape index (κ2) is 7.73. The third kappa shape index (κ3) is 5.31. The summed E-state index contributed by atoms with van der Waals surface area (Å²) < 4.78 is 12.9. The van der Waals surface area contributed by atoms with Crippen LogP contribution in [0.3, 0.4) is 0 Å². The van der Waals surface area contributed by atoms with E-state index in [9.17, 15) is 4.39 Å². The molecule has 0 spiro atoms. The number of benzene rings is 1. The summed E-state index contributed by atoms with van der Waals surface area (Å²) >= 11 is 0. The summed E-state index contributed by atoms with van der Waals surface area (Å²) in [6.07, 6.45) is 1.08. The van der Waals surface area contributed by atoms with E-state index in [0.717, 1.165) is 30.0 Å². The lowest BCUT2D eigenvalue weighted by Crippen LogP contribution is -2.10. The Morgan fingerprint density at radius 2 is 1.82 bits per heavy atom. The fourth-order valence-corrected chi connectivity index (χ4v) is 2.01. The molecule has 0 saturated carbocycles. The molecule has 0 amide bonds. The number of rotatable bonds is 7. The molecule has 0 radical (unpaired) electrons. The van der Waals surface area contributed by atoms with Crippen molar-refractivity contribution >= 4 is 11.8 Å². The van der Waals surface area contributed by atoms with Crippen LogP contribution >= 0.6 is 0 Å². The quantitative estimate of drug-likeness (QED) is 0.812. The Kier molecular flexibility index (Phi) is 5.69. The Bertz CT molecular complexity index is 596. The topological polar surface area (TPSA) is 49.8 Å². The molecule has 118 valence electrons. The van der Waals surface area contributed by atoms with Gasteiger partial charge in [0.2, 0.25) is 5.95 Å². The molecule has 1 aromatic carbocycles. The first-order chi connectivity index (χ1) is 10.5. The summed E-state index contributed by atoms with van der Waals surface area (Å²) in [5, 5.41) is 6.50. The standard InChI is InChI=1S/C17H23FN4/c1-12(2)8-9-19-17-21-13(3)10-16(22-17)20-11-14-4-6-15(18)7-5-14/h4-7,10,12H,8-9,11H2,1-3H3,(H2,19,20,21,22). The highest BCUT2D eigenvalue weighted by Gasteiger charge is 2.03. The molecule has 2 rings (SSSR count). The summed E-state index contributed by atoms with van der Waals surface area (Å²) in [7, 11) is 0. The van der Waals surface area contributed by atoms with Crippen molar-refractivity contribution in [2.75, 3.05) is 17.2 Å². The van der Waals surface area contributed by atoms with Gasteiger partial charge >= 0.3 is 0 Å². The fraction of sp³-hybridized carbons (Fsp3) is 0.412. The fourth-order valence-electron chi connectivity index (χ4n) is 2.01. The average molecular weight is 302 g/mol. The number of hydrogen-bond acceptors (Lipinski definition) is 4. The molecule has 4 nitrogen and oxygen atoms in total. The molecule has 0 saturated heterocycles. The third-order valence-corrected chi connectivity index (χ3v) is 3.25. The van der Waals surface area contributed by atoms with Gasteiger partial charge in [-0.05, 0) is 37.0 Å². The number of aryl methyl sites for hydroxylation is 1. The number of hydrogen-bond donors (Lipinski definition) is 2. The minimum absolute atomic E-state index is 0.224. The summed E-state index contributed by atoms with van der Waals surface area (Å²) in [6, 6.07) is 8.34. The molecule has 0 atom stereocenters. The van der Waals surface area contributed by atoms with Gasteiger partial charge in [0.05, 0.1) is 0 Å². The van der Waals surface area contributed by atoms with Crippen molar-refractivity contribution in [3.05, 3.63) is 47.4 Å². The first kappa shape index (κ1) is 16.2. The number of nitrogens with zero attached hydrogens (tertiary/aromatic N) is 2. The maximum Gasteiger partial charge on any atom is 0.224 e. The molecule has 2 aromatic rings. The van der Waals surface area contributed by atoms with Gasteiger partial charge in [0.25, 0.3) is 0 Å². The molecule has 1 heterocycles. The van der Waals surface area contributed by atoms with E-state index in [0.29, 0.717) is 18.4 Å². The van der Waals surface area contributed by atoms with E-state index in [4.69, 9.17) is 0 Å². The van der Waals surface area contributed by atoms with Crippen molar-refractivity contribution in [1.29, 1.82) is 0 Å². The second-order valence-corrected chi connectivity index (χ2v) is 5.81. The van der Waals surface area contributed by atoms with Crippen molar-refractivity contribution in [3.8, 4) is 0 Å². The summed E-state index contributed by atoms with van der Waals surface area (Å²) in [5.74, 6) is 1.83. The predicted octanol–water partition coefficient (Wildman–Crippen LogP) is 3.99. The normalized spacial score (nSPS) is 10.8. The maximum absolute atomic E-state index is 12.9. The number of aromatic nitrogens is 2. The molecule has 0 unspecified atom stereocenters. The molecule has 1 aromatic heterocycles. The predicted molar refractivity (Wildman–Crippen MR) is 88.4 cm³/mol. The van der Waals surface area contributed by atoms with Crippen LogP contribution in [0.15, 0.2) is 30.3 Å². The Hall–Kier alpha value is -2.17. The van der Waals surface area contributed by atoms with E-state index in [1.54, 1.807) is 12.1 Å². The van der Waals surface area contributed by atoms with Gasteiger partial charge < -0.3 is 10.6 Å². The molecule has 5 heteroatoms. The largest absolute Gasteiger partial charge is 0.366 e. The van der Waals surface area contributed by atoms with Crippen LogP contribution in [0.1, 0.15) is 31.5 Å². The van der Waals surface area contributed by atoms with Crippen molar-refractivity contribution in [1.82, 2.24) is 9.97 Å². The van der Waals surface area contributed by atoms with Crippen LogP contribution in [0.4, 0.5) is 16.2 Å². The van der Waals surface area contributed by atoms with Crippen LogP contribution in [-0.2, 0) is 6.54 Å². The van der Waals surface area contributed by atoms with Gasteiger partial charge in [0, 0.05) is 24.8 Å². The molecule has 0 aliphatic rings. The van der Waals surface area contributed by atoms with Gasteiger partial charge in [0.15, 0.2) is 0 Å². The minimum Gasteiger partial charge on any atom is -0.366 e. The summed E-state index contributed by atoms with van der Waals surface area (Å²) in [5.41, 5.74) is 1.91. The molecular formula is C17H23FN4. The van der Waals surface area contributed by atoms with Crippen LogP contribution in [0.25, 0.3) is 0 Å². The first-order valence-corrected chi connectivity index (χ1v) is 7.61. The lowest BCUT2D eigenvalue weighted by Gasteiger charge is -2.11. The molecule has 0 bridgehead atoms. The van der Waals surface area contributed by atoms with E-state index in [2.05, 4.69) is 34.4 Å². The minimum atomic E-state index is -0.224. The molecule has 0 aliphatic carbocycles. The maximum atomic E-state index is 12.9. The highest BCUT2D eigenvalue weighted by Crippen LogP contribution is 2.12. The molecule has 22 heavy (non-hydrogen) atoms.